The lowest BCUT2D eigenvalue weighted by molar-refractivity contribution is -0.146. The zero-order chi connectivity index (χ0) is 45.7. The number of ether oxygens (including phenoxy) is 4. The average molecular weight is 923 g/mol. The van der Waals surface area contributed by atoms with Crippen LogP contribution in [0.3, 0.4) is 0 Å². The summed E-state index contributed by atoms with van der Waals surface area (Å²) in [7, 11) is 1.73. The number of alkyl carbamates (subject to hydrolysis) is 1. The molecule has 5 fully saturated rings. The molecule has 3 aliphatic carbocycles. The van der Waals surface area contributed by atoms with E-state index in [1.54, 1.807) is 19.2 Å². The molecule has 0 radical (unpaired) electrons. The van der Waals surface area contributed by atoms with Gasteiger partial charge in [0.2, 0.25) is 11.8 Å². The molecule has 0 bridgehead atoms. The molecule has 64 heavy (non-hydrogen) atoms. The van der Waals surface area contributed by atoms with Gasteiger partial charge in [0, 0.05) is 62.0 Å². The summed E-state index contributed by atoms with van der Waals surface area (Å²) in [5.41, 5.74) is -0.845. The van der Waals surface area contributed by atoms with Crippen molar-refractivity contribution in [3.8, 4) is 22.9 Å². The van der Waals surface area contributed by atoms with Gasteiger partial charge in [-0.15, -0.1) is 17.9 Å². The number of carbonyl (C=O) groups excluding carboxylic acids is 3. The van der Waals surface area contributed by atoms with Crippen LogP contribution in [0.2, 0.25) is 5.02 Å². The number of nitrogens with one attached hydrogen (secondary N) is 3. The third-order valence-corrected chi connectivity index (χ3v) is 14.4. The molecule has 3 amide bonds. The minimum absolute atomic E-state index is 0.0197. The number of hydrogen-bond donors (Lipinski definition) is 4. The van der Waals surface area contributed by atoms with Crippen molar-refractivity contribution in [3.05, 3.63) is 41.3 Å². The Labute approximate surface area is 382 Å². The first-order valence-electron chi connectivity index (χ1n) is 22.3. The Morgan fingerprint density at radius 3 is 2.47 bits per heavy atom. The minimum Gasteiger partial charge on any atom is -0.491 e. The highest BCUT2D eigenvalue weighted by molar-refractivity contribution is 7.14. The Bertz CT molecular complexity index is 2280. The standard InChI is InChI=1S/C46H60ClN7O9S/c1-8-27-20-46(27,42(57)58)52-40(55)34-18-30(22-54(34)41(56)39(45(4,5)6)51-44(59)63-29-16-25-15-26(25)17-29)62-36-19-32(33-23-64-43(50-33)48-24(2)3)49-38-31(36)9-10-35(37(38)47)61-14-13-53-12-11-28(21-53)60-7/h8-10,19,23-30,34,39H,1,11-18,20-22H2,2-7H3,(H,48,50)(H,51,59)(H,52,55)(H,57,58)/t25-,26+,27-,28-,29+,30-,34+,39-,46-/m1/s1. The van der Waals surface area contributed by atoms with Crippen LogP contribution in [-0.4, -0.2) is 131 Å². The van der Waals surface area contributed by atoms with Gasteiger partial charge in [-0.3, -0.25) is 14.5 Å². The number of benzene rings is 1. The number of methoxy groups -OCH3 is 1. The van der Waals surface area contributed by atoms with Crippen LogP contribution in [0, 0.1) is 23.2 Å². The Hall–Kier alpha value is -4.71. The molecule has 1 aromatic carbocycles. The van der Waals surface area contributed by atoms with Crippen LogP contribution in [0.4, 0.5) is 9.93 Å². The molecule has 2 aromatic heterocycles. The number of aromatic nitrogens is 2. The van der Waals surface area contributed by atoms with Crippen molar-refractivity contribution in [2.45, 2.75) is 115 Å². The van der Waals surface area contributed by atoms with Crippen molar-refractivity contribution < 1.29 is 43.2 Å². The number of thiazole rings is 1. The number of carbonyl (C=O) groups is 4. The first-order valence-corrected chi connectivity index (χ1v) is 23.6. The lowest BCUT2D eigenvalue weighted by atomic mass is 9.85. The first-order chi connectivity index (χ1) is 30.5. The zero-order valence-electron chi connectivity index (χ0n) is 37.4. The van der Waals surface area contributed by atoms with E-state index in [1.165, 1.54) is 28.7 Å². The fourth-order valence-electron chi connectivity index (χ4n) is 9.48. The van der Waals surface area contributed by atoms with Crippen LogP contribution in [0.15, 0.2) is 36.2 Å². The van der Waals surface area contributed by atoms with E-state index in [1.807, 2.05) is 46.1 Å². The highest BCUT2D eigenvalue weighted by Gasteiger charge is 2.61. The number of halogens is 1. The van der Waals surface area contributed by atoms with E-state index < -0.39 is 58.9 Å². The van der Waals surface area contributed by atoms with E-state index in [9.17, 15) is 24.3 Å². The SMILES string of the molecule is C=C[C@@H]1C[C@]1(NC(=O)[C@@H]1C[C@@H](Oc2cc(-c3csc(NC(C)C)n3)nc3c(Cl)c(OCCN4CC[C@@H](OC)C4)ccc23)CN1C(=O)[C@@H](NC(=O)O[C@@H]1C[C@@H]2C[C@@H]2C1)C(C)(C)C)C(=O)O. The van der Waals surface area contributed by atoms with E-state index in [2.05, 4.69) is 27.4 Å². The Balaban J connectivity index is 1.09. The number of carboxylic acid groups (broad SMARTS) is 1. The number of fused-ring (bicyclic) bond motifs is 2. The van der Waals surface area contributed by atoms with E-state index in [0.717, 1.165) is 32.4 Å². The van der Waals surface area contributed by atoms with Gasteiger partial charge in [0.1, 0.15) is 58.7 Å². The summed E-state index contributed by atoms with van der Waals surface area (Å²) in [5.74, 6) is -0.789. The second-order valence-electron chi connectivity index (χ2n) is 19.4. The molecule has 9 atom stereocenters. The highest BCUT2D eigenvalue weighted by atomic mass is 35.5. The van der Waals surface area contributed by atoms with Crippen LogP contribution in [0.25, 0.3) is 22.3 Å². The number of aliphatic carboxylic acids is 1. The van der Waals surface area contributed by atoms with E-state index in [0.29, 0.717) is 63.9 Å². The summed E-state index contributed by atoms with van der Waals surface area (Å²) in [6, 6.07) is 3.30. The Morgan fingerprint density at radius 1 is 1.05 bits per heavy atom. The molecular weight excluding hydrogens is 862 g/mol. The average Bonchev–Trinajstić information content (AvgIpc) is 3.72. The maximum atomic E-state index is 14.8. The third kappa shape index (κ3) is 9.77. The normalized spacial score (nSPS) is 27.8. The topological polar surface area (TPSA) is 194 Å². The Morgan fingerprint density at radius 2 is 1.81 bits per heavy atom. The fraction of sp³-hybridized carbons (Fsp3) is 0.609. The van der Waals surface area contributed by atoms with Crippen LogP contribution < -0.4 is 25.4 Å². The van der Waals surface area contributed by atoms with Crippen molar-refractivity contribution in [3.63, 3.8) is 0 Å². The number of pyridine rings is 1. The molecule has 0 spiro atoms. The van der Waals surface area contributed by atoms with Gasteiger partial charge in [-0.05, 0) is 75.3 Å². The van der Waals surface area contributed by atoms with Crippen molar-refractivity contribution >= 4 is 62.8 Å². The number of likely N-dealkylation sites (tertiary alicyclic amines) is 2. The maximum absolute atomic E-state index is 14.8. The van der Waals surface area contributed by atoms with Crippen molar-refractivity contribution in [2.75, 3.05) is 45.2 Å². The number of rotatable bonds is 17. The van der Waals surface area contributed by atoms with Crippen LogP contribution in [0.1, 0.15) is 73.1 Å². The predicted octanol–water partition coefficient (Wildman–Crippen LogP) is 6.36. The second kappa shape index (κ2) is 18.3. The molecular formula is C46H60ClN7O9S. The Kier molecular flexibility index (Phi) is 13.1. The quantitative estimate of drug-likeness (QED) is 0.109. The van der Waals surface area contributed by atoms with Gasteiger partial charge in [0.25, 0.3) is 0 Å². The molecule has 346 valence electrons. The summed E-state index contributed by atoms with van der Waals surface area (Å²) < 4.78 is 24.4. The van der Waals surface area contributed by atoms with Crippen LogP contribution in [-0.2, 0) is 23.9 Å². The fourth-order valence-corrected chi connectivity index (χ4v) is 10.6. The summed E-state index contributed by atoms with van der Waals surface area (Å²) in [6.45, 7) is 16.1. The molecule has 3 saturated carbocycles. The number of anilines is 1. The van der Waals surface area contributed by atoms with E-state index >= 15 is 0 Å². The van der Waals surface area contributed by atoms with Crippen LogP contribution in [0.5, 0.6) is 11.5 Å². The smallest absolute Gasteiger partial charge is 0.408 e. The highest BCUT2D eigenvalue weighted by Crippen LogP contribution is 2.52. The first kappa shape index (κ1) is 45.8. The number of amides is 3. The van der Waals surface area contributed by atoms with E-state index in [-0.39, 0.29) is 42.7 Å². The molecule has 4 heterocycles. The van der Waals surface area contributed by atoms with Gasteiger partial charge in [0.15, 0.2) is 5.13 Å². The van der Waals surface area contributed by atoms with Gasteiger partial charge in [-0.2, -0.15) is 0 Å². The molecule has 16 nitrogen and oxygen atoms in total. The van der Waals surface area contributed by atoms with Gasteiger partial charge in [-0.25, -0.2) is 19.6 Å². The zero-order valence-corrected chi connectivity index (χ0v) is 38.9. The monoisotopic (exact) mass is 921 g/mol. The molecule has 2 saturated heterocycles. The van der Waals surface area contributed by atoms with E-state index in [4.69, 9.17) is 40.5 Å². The number of hydrogen-bond acceptors (Lipinski definition) is 13. The number of carboxylic acids is 1. The lowest BCUT2D eigenvalue weighted by Crippen LogP contribution is -2.59. The van der Waals surface area contributed by atoms with Crippen molar-refractivity contribution in [1.82, 2.24) is 30.4 Å². The lowest BCUT2D eigenvalue weighted by Gasteiger charge is -2.35. The molecule has 18 heteroatoms. The summed E-state index contributed by atoms with van der Waals surface area (Å²) in [6.07, 6.45) is 4.02. The molecule has 5 aliphatic rings. The molecule has 8 rings (SSSR count). The third-order valence-electron chi connectivity index (χ3n) is 13.3. The van der Waals surface area contributed by atoms with Gasteiger partial charge in [0.05, 0.1) is 23.9 Å². The molecule has 0 unspecified atom stereocenters. The van der Waals surface area contributed by atoms with Gasteiger partial charge in [-0.1, -0.05) is 38.4 Å². The number of nitrogens with zero attached hydrogens (tertiary/aromatic N) is 4. The largest absolute Gasteiger partial charge is 0.491 e. The molecule has 2 aliphatic heterocycles. The van der Waals surface area contributed by atoms with Crippen molar-refractivity contribution in [1.29, 1.82) is 0 Å². The minimum atomic E-state index is -1.54. The van der Waals surface area contributed by atoms with Gasteiger partial charge < -0.3 is 44.9 Å². The molecule has 3 aromatic rings. The predicted molar refractivity (Wildman–Crippen MR) is 243 cm³/mol. The maximum Gasteiger partial charge on any atom is 0.408 e. The summed E-state index contributed by atoms with van der Waals surface area (Å²) in [4.78, 5) is 68.4. The molecule has 4 N–H and O–H groups in total. The van der Waals surface area contributed by atoms with Crippen LogP contribution >= 0.6 is 22.9 Å². The van der Waals surface area contributed by atoms with Gasteiger partial charge >= 0.3 is 12.1 Å². The second-order valence-corrected chi connectivity index (χ2v) is 20.6. The summed E-state index contributed by atoms with van der Waals surface area (Å²) in [5, 5.41) is 22.6. The van der Waals surface area contributed by atoms with Crippen molar-refractivity contribution in [2.24, 2.45) is 23.2 Å². The summed E-state index contributed by atoms with van der Waals surface area (Å²) >= 11 is 8.56.